The van der Waals surface area contributed by atoms with E-state index in [-0.39, 0.29) is 6.61 Å². The Balaban J connectivity index is 0.000000386. The minimum atomic E-state index is 0.250. The van der Waals surface area contributed by atoms with Gasteiger partial charge in [0.1, 0.15) is 0 Å². The van der Waals surface area contributed by atoms with Crippen LogP contribution in [-0.2, 0) is 20.8 Å². The highest BCUT2D eigenvalue weighted by atomic mass is 16.5. The van der Waals surface area contributed by atoms with Crippen molar-refractivity contribution >= 4 is 0 Å². The smallest absolute Gasteiger partial charge is 0.0716 e. The van der Waals surface area contributed by atoms with E-state index in [1.807, 2.05) is 6.07 Å². The second-order valence-electron chi connectivity index (χ2n) is 12.6. The van der Waals surface area contributed by atoms with E-state index < -0.39 is 0 Å². The molecular formula is C35H64O5. The summed E-state index contributed by atoms with van der Waals surface area (Å²) in [7, 11) is 0. The zero-order valence-corrected chi connectivity index (χ0v) is 26.5. The summed E-state index contributed by atoms with van der Waals surface area (Å²) in [6.07, 6.45) is 21.0. The molecule has 3 rings (SSSR count). The zero-order valence-electron chi connectivity index (χ0n) is 26.5. The lowest BCUT2D eigenvalue weighted by Crippen LogP contribution is -2.39. The summed E-state index contributed by atoms with van der Waals surface area (Å²) < 4.78 is 16.2. The fraction of sp³-hybridized carbons (Fsp3) is 0.829. The molecule has 2 heterocycles. The summed E-state index contributed by atoms with van der Waals surface area (Å²) in [4.78, 5) is 0. The second-order valence-corrected chi connectivity index (χ2v) is 12.6. The molecule has 0 unspecified atom stereocenters. The Morgan fingerprint density at radius 3 is 1.43 bits per heavy atom. The van der Waals surface area contributed by atoms with Gasteiger partial charge < -0.3 is 24.4 Å². The first-order valence-electron chi connectivity index (χ1n) is 16.5. The quantitative estimate of drug-likeness (QED) is 0.147. The van der Waals surface area contributed by atoms with Gasteiger partial charge in [-0.2, -0.15) is 0 Å². The number of benzene rings is 1. The summed E-state index contributed by atoms with van der Waals surface area (Å²) in [6, 6.07) is 10.4. The molecular weight excluding hydrogens is 500 g/mol. The van der Waals surface area contributed by atoms with Gasteiger partial charge in [0.05, 0.1) is 33.0 Å². The van der Waals surface area contributed by atoms with Crippen LogP contribution in [0, 0.1) is 10.8 Å². The van der Waals surface area contributed by atoms with E-state index in [0.717, 1.165) is 46.1 Å². The molecule has 0 bridgehead atoms. The van der Waals surface area contributed by atoms with Crippen LogP contribution in [-0.4, -0.2) is 56.5 Å². The third-order valence-corrected chi connectivity index (χ3v) is 7.92. The Kier molecular flexibility index (Phi) is 22.8. The predicted octanol–water partition coefficient (Wildman–Crippen LogP) is 8.50. The predicted molar refractivity (Wildman–Crippen MR) is 168 cm³/mol. The van der Waals surface area contributed by atoms with E-state index in [1.165, 1.54) is 102 Å². The number of hydrogen-bond donors (Lipinski definition) is 2. The average molecular weight is 565 g/mol. The first kappa shape index (κ1) is 37.0. The van der Waals surface area contributed by atoms with E-state index >= 15 is 0 Å². The highest BCUT2D eigenvalue weighted by Crippen LogP contribution is 2.33. The number of hydrogen-bond acceptors (Lipinski definition) is 5. The Morgan fingerprint density at radius 2 is 1.02 bits per heavy atom. The van der Waals surface area contributed by atoms with E-state index in [9.17, 15) is 0 Å². The van der Waals surface area contributed by atoms with Crippen LogP contribution < -0.4 is 0 Å². The van der Waals surface area contributed by atoms with Crippen molar-refractivity contribution in [2.75, 3.05) is 46.2 Å². The molecule has 2 aliphatic rings. The molecule has 2 fully saturated rings. The third-order valence-electron chi connectivity index (χ3n) is 7.92. The molecule has 0 aliphatic carbocycles. The Bertz CT molecular complexity index is 657. The van der Waals surface area contributed by atoms with Crippen LogP contribution in [0.3, 0.4) is 0 Å². The van der Waals surface area contributed by atoms with Crippen LogP contribution in [0.25, 0.3) is 0 Å². The molecule has 5 heteroatoms. The van der Waals surface area contributed by atoms with Gasteiger partial charge in [0, 0.05) is 30.7 Å². The minimum absolute atomic E-state index is 0.250. The van der Waals surface area contributed by atoms with Gasteiger partial charge in [0.25, 0.3) is 0 Å². The van der Waals surface area contributed by atoms with E-state index in [0.29, 0.717) is 17.4 Å². The first-order chi connectivity index (χ1) is 19.5. The standard InChI is InChI=1S/C20H32O2.C13H26O2.C2H6O/c1-20(17-22-18-20)14-10-5-3-2-4-6-11-15-21-16-19-12-8-7-9-13-19;1-13(11-15-12-13)9-7-5-3-2-4-6-8-10-14;1-2-3/h7-9,12-13H,2-6,10-11,14-18H2,1H3;14H,2-12H2,1H3;3H,2H2,1H3. The lowest BCUT2D eigenvalue weighted by molar-refractivity contribution is -0.106. The number of aliphatic hydroxyl groups excluding tert-OH is 2. The summed E-state index contributed by atoms with van der Waals surface area (Å²) in [5.41, 5.74) is 2.29. The number of ether oxygens (including phenoxy) is 3. The van der Waals surface area contributed by atoms with Gasteiger partial charge in [-0.1, -0.05) is 121 Å². The molecule has 0 aromatic heterocycles. The van der Waals surface area contributed by atoms with Crippen LogP contribution in [0.15, 0.2) is 30.3 Å². The largest absolute Gasteiger partial charge is 0.397 e. The normalized spacial score (nSPS) is 16.5. The van der Waals surface area contributed by atoms with Gasteiger partial charge in [-0.3, -0.25) is 0 Å². The van der Waals surface area contributed by atoms with Crippen LogP contribution in [0.4, 0.5) is 0 Å². The van der Waals surface area contributed by atoms with Crippen molar-refractivity contribution in [1.82, 2.24) is 0 Å². The minimum Gasteiger partial charge on any atom is -0.397 e. The van der Waals surface area contributed by atoms with Gasteiger partial charge in [0.2, 0.25) is 0 Å². The molecule has 0 amide bonds. The fourth-order valence-electron chi connectivity index (χ4n) is 5.14. The van der Waals surface area contributed by atoms with Gasteiger partial charge in [-0.25, -0.2) is 0 Å². The average Bonchev–Trinajstić information content (AvgIpc) is 2.92. The molecule has 40 heavy (non-hydrogen) atoms. The van der Waals surface area contributed by atoms with E-state index in [1.54, 1.807) is 6.92 Å². The lowest BCUT2D eigenvalue weighted by Gasteiger charge is -2.38. The SMILES string of the molecule is CC1(CCCCCCCCCO)COC1.CC1(CCCCCCCCCOCc2ccccc2)COC1.CCO. The third kappa shape index (κ3) is 20.0. The van der Waals surface area contributed by atoms with Crippen LogP contribution in [0.1, 0.15) is 129 Å². The Labute approximate surface area is 247 Å². The van der Waals surface area contributed by atoms with Crippen LogP contribution in [0.2, 0.25) is 0 Å². The summed E-state index contributed by atoms with van der Waals surface area (Å²) in [6.45, 7) is 12.5. The van der Waals surface area contributed by atoms with Crippen LogP contribution >= 0.6 is 0 Å². The Morgan fingerprint density at radius 1 is 0.625 bits per heavy atom. The number of rotatable bonds is 21. The highest BCUT2D eigenvalue weighted by molar-refractivity contribution is 5.13. The van der Waals surface area contributed by atoms with Gasteiger partial charge in [-0.15, -0.1) is 0 Å². The first-order valence-corrected chi connectivity index (χ1v) is 16.5. The molecule has 1 aromatic rings. The monoisotopic (exact) mass is 564 g/mol. The summed E-state index contributed by atoms with van der Waals surface area (Å²) in [5, 5.41) is 16.2. The maximum absolute atomic E-state index is 8.62. The van der Waals surface area contributed by atoms with Crippen LogP contribution in [0.5, 0.6) is 0 Å². The van der Waals surface area contributed by atoms with Crippen molar-refractivity contribution in [2.24, 2.45) is 10.8 Å². The van der Waals surface area contributed by atoms with E-state index in [4.69, 9.17) is 24.4 Å². The molecule has 1 aromatic carbocycles. The number of unbranched alkanes of at least 4 members (excludes halogenated alkanes) is 12. The topological polar surface area (TPSA) is 68.2 Å². The zero-order chi connectivity index (χ0) is 29.2. The fourth-order valence-corrected chi connectivity index (χ4v) is 5.14. The summed E-state index contributed by atoms with van der Waals surface area (Å²) in [5.74, 6) is 0. The van der Waals surface area contributed by atoms with Crippen molar-refractivity contribution in [1.29, 1.82) is 0 Å². The molecule has 0 atom stereocenters. The lowest BCUT2D eigenvalue weighted by atomic mass is 9.83. The maximum atomic E-state index is 8.62. The molecule has 5 nitrogen and oxygen atoms in total. The molecule has 2 saturated heterocycles. The van der Waals surface area contributed by atoms with Crippen molar-refractivity contribution in [3.8, 4) is 0 Å². The molecule has 234 valence electrons. The van der Waals surface area contributed by atoms with Gasteiger partial charge in [-0.05, 0) is 38.2 Å². The molecule has 2 aliphatic heterocycles. The van der Waals surface area contributed by atoms with Gasteiger partial charge in [0.15, 0.2) is 0 Å². The molecule has 0 spiro atoms. The van der Waals surface area contributed by atoms with Gasteiger partial charge >= 0.3 is 0 Å². The second kappa shape index (κ2) is 24.6. The maximum Gasteiger partial charge on any atom is 0.0716 e. The molecule has 2 N–H and O–H groups in total. The molecule has 0 saturated carbocycles. The van der Waals surface area contributed by atoms with Crippen molar-refractivity contribution in [3.05, 3.63) is 35.9 Å². The molecule has 0 radical (unpaired) electrons. The summed E-state index contributed by atoms with van der Waals surface area (Å²) >= 11 is 0. The Hall–Kier alpha value is -0.980. The van der Waals surface area contributed by atoms with Crippen molar-refractivity contribution in [2.45, 2.75) is 130 Å². The van der Waals surface area contributed by atoms with Crippen molar-refractivity contribution in [3.63, 3.8) is 0 Å². The number of aliphatic hydroxyl groups is 2. The van der Waals surface area contributed by atoms with E-state index in [2.05, 4.69) is 38.1 Å². The highest BCUT2D eigenvalue weighted by Gasteiger charge is 2.32. The van der Waals surface area contributed by atoms with Crippen molar-refractivity contribution < 1.29 is 24.4 Å².